The van der Waals surface area contributed by atoms with Gasteiger partial charge in [-0.25, -0.2) is 0 Å². The molecule has 0 fully saturated rings. The molecule has 84 valence electrons. The Balaban J connectivity index is 2.75. The summed E-state index contributed by atoms with van der Waals surface area (Å²) in [7, 11) is 11.1. The van der Waals surface area contributed by atoms with Gasteiger partial charge >= 0.3 is 0 Å². The molecule has 0 aromatic heterocycles. The van der Waals surface area contributed by atoms with Crippen LogP contribution in [0.4, 0.5) is 0 Å². The molecule has 0 unspecified atom stereocenters. The van der Waals surface area contributed by atoms with Crippen LogP contribution in [-0.4, -0.2) is 39.2 Å². The molecule has 2 rings (SSSR count). The van der Waals surface area contributed by atoms with Crippen LogP contribution in [0.5, 0.6) is 0 Å². The summed E-state index contributed by atoms with van der Waals surface area (Å²) in [6.45, 7) is 0. The molecule has 0 aliphatic heterocycles. The van der Waals surface area contributed by atoms with E-state index in [0.29, 0.717) is 0 Å². The quantitative estimate of drug-likeness (QED) is 0.464. The average molecular weight is 292 g/mol. The third-order valence-electron chi connectivity index (χ3n) is 4.13. The largest absolute Gasteiger partial charge is 0.139 e. The van der Waals surface area contributed by atoms with E-state index in [9.17, 15) is 0 Å². The van der Waals surface area contributed by atoms with Crippen molar-refractivity contribution in [3.8, 4) is 11.1 Å². The van der Waals surface area contributed by atoms with E-state index in [0.717, 1.165) is 4.47 Å². The number of halogens is 1. The monoisotopic (exact) mass is 292 g/mol. The summed E-state index contributed by atoms with van der Waals surface area (Å²) >= 11 is 3.50. The van der Waals surface area contributed by atoms with Gasteiger partial charge in [-0.2, -0.15) is 0 Å². The van der Waals surface area contributed by atoms with Gasteiger partial charge in [-0.15, -0.1) is 16.4 Å². The van der Waals surface area contributed by atoms with Crippen LogP contribution >= 0.6 is 15.9 Å². The van der Waals surface area contributed by atoms with Crippen LogP contribution in [0.2, 0.25) is 0 Å². The summed E-state index contributed by atoms with van der Waals surface area (Å²) in [5.41, 5.74) is 9.75. The van der Waals surface area contributed by atoms with Gasteiger partial charge in [0.2, 0.25) is 0 Å². The van der Waals surface area contributed by atoms with Crippen molar-refractivity contribution in [3.05, 3.63) is 28.7 Å². The van der Waals surface area contributed by atoms with Crippen molar-refractivity contribution in [1.82, 2.24) is 0 Å². The number of hydrogen-bond acceptors (Lipinski definition) is 0. The highest BCUT2D eigenvalue weighted by Gasteiger charge is 2.12. The molecule has 0 aliphatic carbocycles. The fraction of sp³-hybridized carbons (Fsp3) is 0. The molecule has 0 atom stereocenters. The Bertz CT molecular complexity index is 578. The lowest BCUT2D eigenvalue weighted by atomic mass is 9.60. The summed E-state index contributed by atoms with van der Waals surface area (Å²) < 4.78 is 1.13. The van der Waals surface area contributed by atoms with E-state index in [-0.39, 0.29) is 0 Å². The number of hydrogen-bond donors (Lipinski definition) is 0. The van der Waals surface area contributed by atoms with Crippen molar-refractivity contribution >= 4 is 82.5 Å². The van der Waals surface area contributed by atoms with Crippen LogP contribution in [0.15, 0.2) is 28.7 Å². The Morgan fingerprint density at radius 1 is 0.611 bits per heavy atom. The highest BCUT2D eigenvalue weighted by Crippen LogP contribution is 2.17. The highest BCUT2D eigenvalue weighted by atomic mass is 79.9. The Morgan fingerprint density at radius 3 is 1.44 bits per heavy atom. The van der Waals surface area contributed by atoms with E-state index in [2.05, 4.69) is 79.4 Å². The van der Waals surface area contributed by atoms with Gasteiger partial charge in [-0.1, -0.05) is 39.0 Å². The summed E-state index contributed by atoms with van der Waals surface area (Å²) in [6, 6.07) is 8.60. The summed E-state index contributed by atoms with van der Waals surface area (Å²) in [4.78, 5) is 0. The summed E-state index contributed by atoms with van der Waals surface area (Å²) in [5.74, 6) is 0. The molecular weight excluding hydrogens is 278 g/mol. The Kier molecular flexibility index (Phi) is 3.86. The minimum atomic E-state index is 1.13. The summed E-state index contributed by atoms with van der Waals surface area (Å²) in [5, 5.41) is 0. The number of benzene rings is 2. The van der Waals surface area contributed by atoms with Crippen molar-refractivity contribution in [2.45, 2.75) is 0 Å². The third-order valence-corrected chi connectivity index (χ3v) is 4.66. The standard InChI is InChI=1S/C12H14B5Br/c13-8-7(5-1-3-6(18)4-2-5)9(14)11(16)12(17)10(8)15/h1-4H,13-17H2. The Morgan fingerprint density at radius 2 is 1.00 bits per heavy atom. The Labute approximate surface area is 122 Å². The van der Waals surface area contributed by atoms with Crippen LogP contribution in [-0.2, 0) is 0 Å². The van der Waals surface area contributed by atoms with Gasteiger partial charge in [0, 0.05) is 4.47 Å². The molecule has 0 nitrogen and oxygen atoms in total. The third kappa shape index (κ3) is 2.23. The molecule has 0 amide bonds. The zero-order chi connectivity index (χ0) is 13.4. The molecule has 0 spiro atoms. The lowest BCUT2D eigenvalue weighted by Gasteiger charge is -2.20. The number of rotatable bonds is 1. The maximum absolute atomic E-state index is 3.50. The fourth-order valence-corrected chi connectivity index (χ4v) is 2.81. The van der Waals surface area contributed by atoms with E-state index >= 15 is 0 Å². The van der Waals surface area contributed by atoms with Crippen LogP contribution in [0.25, 0.3) is 11.1 Å². The van der Waals surface area contributed by atoms with Gasteiger partial charge < -0.3 is 0 Å². The van der Waals surface area contributed by atoms with Crippen molar-refractivity contribution in [2.75, 3.05) is 0 Å². The van der Waals surface area contributed by atoms with Crippen molar-refractivity contribution in [1.29, 1.82) is 0 Å². The lowest BCUT2D eigenvalue weighted by molar-refractivity contribution is 1.64. The van der Waals surface area contributed by atoms with Crippen LogP contribution in [0.3, 0.4) is 0 Å². The molecule has 18 heavy (non-hydrogen) atoms. The highest BCUT2D eigenvalue weighted by molar-refractivity contribution is 9.10. The minimum absolute atomic E-state index is 1.13. The van der Waals surface area contributed by atoms with Crippen molar-refractivity contribution < 1.29 is 0 Å². The van der Waals surface area contributed by atoms with Gasteiger partial charge in [0.05, 0.1) is 0 Å². The zero-order valence-electron chi connectivity index (χ0n) is 11.7. The lowest BCUT2D eigenvalue weighted by Crippen LogP contribution is -2.55. The first-order valence-electron chi connectivity index (χ1n) is 6.26. The Hall–Kier alpha value is -0.755. The van der Waals surface area contributed by atoms with Crippen LogP contribution in [0.1, 0.15) is 0 Å². The molecular formula is C12H14B5Br. The molecule has 0 heterocycles. The predicted molar refractivity (Wildman–Crippen MR) is 100 cm³/mol. The van der Waals surface area contributed by atoms with E-state index in [1.807, 2.05) is 0 Å². The molecule has 0 aliphatic rings. The molecule has 0 N–H and O–H groups in total. The van der Waals surface area contributed by atoms with Gasteiger partial charge in [-0.05, 0) is 23.3 Å². The average Bonchev–Trinajstić information content (AvgIpc) is 2.36. The molecule has 0 saturated heterocycles. The van der Waals surface area contributed by atoms with Gasteiger partial charge in [0.25, 0.3) is 0 Å². The molecule has 2 aromatic carbocycles. The van der Waals surface area contributed by atoms with Crippen molar-refractivity contribution in [2.24, 2.45) is 0 Å². The smallest absolute Gasteiger partial charge is 0.102 e. The van der Waals surface area contributed by atoms with Gasteiger partial charge in [0.1, 0.15) is 39.2 Å². The SMILES string of the molecule is Bc1c(B)c(B)c(-c2ccc(Br)cc2)c(B)c1B. The normalized spacial score (nSPS) is 10.5. The van der Waals surface area contributed by atoms with Gasteiger partial charge in [-0.3, -0.25) is 0 Å². The minimum Gasteiger partial charge on any atom is -0.102 e. The predicted octanol–water partition coefficient (Wildman–Crippen LogP) is -4.59. The van der Waals surface area contributed by atoms with E-state index in [1.165, 1.54) is 38.4 Å². The zero-order valence-corrected chi connectivity index (χ0v) is 13.3. The topological polar surface area (TPSA) is 0 Å². The maximum Gasteiger partial charge on any atom is 0.139 e. The van der Waals surface area contributed by atoms with E-state index in [4.69, 9.17) is 0 Å². The second kappa shape index (κ2) is 5.09. The van der Waals surface area contributed by atoms with Gasteiger partial charge in [0.15, 0.2) is 0 Å². The first kappa shape index (κ1) is 13.7. The molecule has 6 heteroatoms. The summed E-state index contributed by atoms with van der Waals surface area (Å²) in [6.07, 6.45) is 0. The molecule has 2 aromatic rings. The molecule has 0 radical (unpaired) electrons. The second-order valence-corrected chi connectivity index (χ2v) is 5.92. The van der Waals surface area contributed by atoms with E-state index in [1.54, 1.807) is 0 Å². The molecule has 0 bridgehead atoms. The second-order valence-electron chi connectivity index (χ2n) is 5.01. The van der Waals surface area contributed by atoms with Crippen LogP contribution in [0, 0.1) is 0 Å². The van der Waals surface area contributed by atoms with E-state index < -0.39 is 0 Å². The van der Waals surface area contributed by atoms with Crippen LogP contribution < -0.4 is 27.3 Å². The first-order valence-corrected chi connectivity index (χ1v) is 7.05. The maximum atomic E-state index is 3.50. The first-order chi connectivity index (χ1) is 8.43. The molecule has 0 saturated carbocycles. The van der Waals surface area contributed by atoms with Crippen molar-refractivity contribution in [3.63, 3.8) is 0 Å². The fourth-order valence-electron chi connectivity index (χ4n) is 2.55.